The summed E-state index contributed by atoms with van der Waals surface area (Å²) in [4.78, 5) is 26.0. The summed E-state index contributed by atoms with van der Waals surface area (Å²) in [6.07, 6.45) is 0.314. The Balaban J connectivity index is 4.34. The van der Waals surface area contributed by atoms with Crippen LogP contribution in [0.15, 0.2) is 0 Å². The van der Waals surface area contributed by atoms with Crippen LogP contribution < -0.4 is 0 Å². The number of carbonyl (C=O) groups excluding carboxylic acids is 1. The fourth-order valence-corrected chi connectivity index (χ4v) is 1.55. The summed E-state index contributed by atoms with van der Waals surface area (Å²) >= 11 is 0. The summed E-state index contributed by atoms with van der Waals surface area (Å²) in [7, 11) is 5.36. The number of carboxylic acids is 1. The Labute approximate surface area is 109 Å². The molecule has 0 heterocycles. The highest BCUT2D eigenvalue weighted by Crippen LogP contribution is 2.06. The van der Waals surface area contributed by atoms with Gasteiger partial charge in [-0.1, -0.05) is 6.92 Å². The van der Waals surface area contributed by atoms with Gasteiger partial charge in [0, 0.05) is 33.2 Å². The molecule has 106 valence electrons. The molecule has 1 amide bonds. The molecule has 1 N–H and O–H groups in total. The molecular weight excluding hydrogens is 236 g/mol. The summed E-state index contributed by atoms with van der Waals surface area (Å²) in [6, 6.07) is 0. The van der Waals surface area contributed by atoms with Gasteiger partial charge in [0.15, 0.2) is 0 Å². The summed E-state index contributed by atoms with van der Waals surface area (Å²) < 4.78 is 4.97. The third kappa shape index (κ3) is 8.03. The van der Waals surface area contributed by atoms with Gasteiger partial charge < -0.3 is 19.6 Å². The number of amides is 1. The van der Waals surface area contributed by atoms with Crippen molar-refractivity contribution in [3.8, 4) is 0 Å². The van der Waals surface area contributed by atoms with Gasteiger partial charge in [0.25, 0.3) is 0 Å². The first kappa shape index (κ1) is 16.9. The highest BCUT2D eigenvalue weighted by molar-refractivity contribution is 5.81. The second-order valence-corrected chi connectivity index (χ2v) is 4.78. The normalized spacial score (nSPS) is 12.5. The lowest BCUT2D eigenvalue weighted by molar-refractivity contribution is -0.145. The molecule has 0 aliphatic rings. The zero-order valence-corrected chi connectivity index (χ0v) is 11.7. The molecule has 1 unspecified atom stereocenters. The highest BCUT2D eigenvalue weighted by atomic mass is 16.5. The van der Waals surface area contributed by atoms with Crippen LogP contribution >= 0.6 is 0 Å². The Kier molecular flexibility index (Phi) is 8.32. The number of ether oxygens (including phenoxy) is 1. The molecule has 0 aromatic rings. The number of hydrogen-bond acceptors (Lipinski definition) is 4. The molecular formula is C12H24N2O4. The molecule has 6 heteroatoms. The van der Waals surface area contributed by atoms with Gasteiger partial charge in [-0.15, -0.1) is 0 Å². The van der Waals surface area contributed by atoms with E-state index >= 15 is 0 Å². The van der Waals surface area contributed by atoms with Crippen molar-refractivity contribution in [2.75, 3.05) is 47.4 Å². The standard InChI is InChI=1S/C12H24N2O4/c1-10(9-18-4)7-11(15)14(8-12(16)17)6-5-13(2)3/h10H,5-9H2,1-4H3,(H,16,17). The van der Waals surface area contributed by atoms with E-state index in [9.17, 15) is 9.59 Å². The van der Waals surface area contributed by atoms with E-state index in [1.807, 2.05) is 25.9 Å². The van der Waals surface area contributed by atoms with Gasteiger partial charge in [-0.05, 0) is 20.0 Å². The summed E-state index contributed by atoms with van der Waals surface area (Å²) in [6.45, 7) is 3.24. The molecule has 0 radical (unpaired) electrons. The minimum Gasteiger partial charge on any atom is -0.480 e. The van der Waals surface area contributed by atoms with Gasteiger partial charge in [-0.25, -0.2) is 0 Å². The van der Waals surface area contributed by atoms with E-state index in [0.29, 0.717) is 26.1 Å². The molecule has 18 heavy (non-hydrogen) atoms. The van der Waals surface area contributed by atoms with Crippen molar-refractivity contribution >= 4 is 11.9 Å². The number of hydrogen-bond donors (Lipinski definition) is 1. The first-order valence-corrected chi connectivity index (χ1v) is 6.00. The molecule has 0 bridgehead atoms. The molecule has 0 spiro atoms. The predicted molar refractivity (Wildman–Crippen MR) is 68.4 cm³/mol. The molecule has 0 aromatic heterocycles. The molecule has 0 aliphatic carbocycles. The molecule has 0 saturated heterocycles. The van der Waals surface area contributed by atoms with Crippen molar-refractivity contribution in [2.45, 2.75) is 13.3 Å². The average Bonchev–Trinajstić information content (AvgIpc) is 2.23. The summed E-state index contributed by atoms with van der Waals surface area (Å²) in [5, 5.41) is 8.80. The second kappa shape index (κ2) is 8.88. The SMILES string of the molecule is COCC(C)CC(=O)N(CCN(C)C)CC(=O)O. The Morgan fingerprint density at radius 3 is 2.33 bits per heavy atom. The topological polar surface area (TPSA) is 70.1 Å². The summed E-state index contributed by atoms with van der Waals surface area (Å²) in [5.74, 6) is -1.02. The third-order valence-corrected chi connectivity index (χ3v) is 2.47. The quantitative estimate of drug-likeness (QED) is 0.638. The monoisotopic (exact) mass is 260 g/mol. The Morgan fingerprint density at radius 1 is 1.28 bits per heavy atom. The number of carbonyl (C=O) groups is 2. The van der Waals surface area contributed by atoms with Crippen LogP contribution in [-0.2, 0) is 14.3 Å². The molecule has 0 fully saturated rings. The largest absolute Gasteiger partial charge is 0.480 e. The van der Waals surface area contributed by atoms with Crippen molar-refractivity contribution in [3.05, 3.63) is 0 Å². The van der Waals surface area contributed by atoms with E-state index in [2.05, 4.69) is 0 Å². The van der Waals surface area contributed by atoms with E-state index in [1.165, 1.54) is 4.90 Å². The fourth-order valence-electron chi connectivity index (χ4n) is 1.55. The third-order valence-electron chi connectivity index (χ3n) is 2.47. The molecule has 6 nitrogen and oxygen atoms in total. The van der Waals surface area contributed by atoms with Gasteiger partial charge in [-0.2, -0.15) is 0 Å². The van der Waals surface area contributed by atoms with Gasteiger partial charge in [0.1, 0.15) is 6.54 Å². The van der Waals surface area contributed by atoms with E-state index in [4.69, 9.17) is 9.84 Å². The maximum atomic E-state index is 12.0. The van der Waals surface area contributed by atoms with Crippen LogP contribution in [0, 0.1) is 5.92 Å². The number of likely N-dealkylation sites (N-methyl/N-ethyl adjacent to an activating group) is 1. The minimum atomic E-state index is -0.985. The Morgan fingerprint density at radius 2 is 1.89 bits per heavy atom. The molecule has 0 aromatic carbocycles. The highest BCUT2D eigenvalue weighted by Gasteiger charge is 2.19. The second-order valence-electron chi connectivity index (χ2n) is 4.78. The minimum absolute atomic E-state index is 0.0955. The number of nitrogens with zero attached hydrogens (tertiary/aromatic N) is 2. The molecule has 0 aliphatic heterocycles. The van der Waals surface area contributed by atoms with Crippen molar-refractivity contribution in [1.29, 1.82) is 0 Å². The number of aliphatic carboxylic acids is 1. The Hall–Kier alpha value is -1.14. The Bertz CT molecular complexity index is 269. The average molecular weight is 260 g/mol. The van der Waals surface area contributed by atoms with Gasteiger partial charge in [0.2, 0.25) is 5.91 Å². The predicted octanol–water partition coefficient (Wildman–Crippen LogP) is 0.134. The molecule has 0 rings (SSSR count). The van der Waals surface area contributed by atoms with E-state index in [0.717, 1.165) is 0 Å². The lowest BCUT2D eigenvalue weighted by atomic mass is 10.1. The van der Waals surface area contributed by atoms with Crippen molar-refractivity contribution in [2.24, 2.45) is 5.92 Å². The van der Waals surface area contributed by atoms with Gasteiger partial charge in [0.05, 0.1) is 0 Å². The zero-order valence-electron chi connectivity index (χ0n) is 11.7. The first-order valence-electron chi connectivity index (χ1n) is 6.00. The van der Waals surface area contributed by atoms with Crippen molar-refractivity contribution < 1.29 is 19.4 Å². The van der Waals surface area contributed by atoms with Crippen LogP contribution in [0.3, 0.4) is 0 Å². The maximum Gasteiger partial charge on any atom is 0.323 e. The van der Waals surface area contributed by atoms with Crippen LogP contribution in [0.1, 0.15) is 13.3 Å². The summed E-state index contributed by atoms with van der Waals surface area (Å²) in [5.41, 5.74) is 0. The number of carboxylic acid groups (broad SMARTS) is 1. The first-order chi connectivity index (χ1) is 8.36. The van der Waals surface area contributed by atoms with Gasteiger partial charge in [-0.3, -0.25) is 9.59 Å². The smallest absolute Gasteiger partial charge is 0.323 e. The lowest BCUT2D eigenvalue weighted by Gasteiger charge is -2.24. The van der Waals surface area contributed by atoms with E-state index in [-0.39, 0.29) is 18.4 Å². The van der Waals surface area contributed by atoms with Crippen molar-refractivity contribution in [3.63, 3.8) is 0 Å². The van der Waals surface area contributed by atoms with Crippen LogP contribution in [0.4, 0.5) is 0 Å². The van der Waals surface area contributed by atoms with E-state index in [1.54, 1.807) is 7.11 Å². The van der Waals surface area contributed by atoms with Gasteiger partial charge >= 0.3 is 5.97 Å². The molecule has 1 atom stereocenters. The van der Waals surface area contributed by atoms with Crippen molar-refractivity contribution in [1.82, 2.24) is 9.80 Å². The number of methoxy groups -OCH3 is 1. The van der Waals surface area contributed by atoms with Crippen LogP contribution in [0.5, 0.6) is 0 Å². The van der Waals surface area contributed by atoms with E-state index < -0.39 is 5.97 Å². The zero-order chi connectivity index (χ0) is 14.1. The maximum absolute atomic E-state index is 12.0. The number of rotatable bonds is 9. The van der Waals surface area contributed by atoms with Crippen LogP contribution in [0.2, 0.25) is 0 Å². The van der Waals surface area contributed by atoms with Crippen LogP contribution in [0.25, 0.3) is 0 Å². The lowest BCUT2D eigenvalue weighted by Crippen LogP contribution is -2.40. The van der Waals surface area contributed by atoms with Crippen LogP contribution in [-0.4, -0.2) is 74.2 Å². The fraction of sp³-hybridized carbons (Fsp3) is 0.833. The molecule has 0 saturated carbocycles.